The Morgan fingerprint density at radius 2 is 2.12 bits per heavy atom. The molecule has 0 spiro atoms. The monoisotopic (exact) mass is 376 g/mol. The molecule has 0 bridgehead atoms. The van der Waals surface area contributed by atoms with Crippen LogP contribution < -0.4 is 10.1 Å². The minimum Gasteiger partial charge on any atom is -0.493 e. The van der Waals surface area contributed by atoms with Crippen molar-refractivity contribution in [3.63, 3.8) is 0 Å². The van der Waals surface area contributed by atoms with Crippen molar-refractivity contribution >= 4 is 17.5 Å². The second-order valence-electron chi connectivity index (χ2n) is 5.30. The summed E-state index contributed by atoms with van der Waals surface area (Å²) in [5.74, 6) is -0.320. The topological polar surface area (TPSA) is 64.4 Å². The zero-order valence-corrected chi connectivity index (χ0v) is 14.5. The number of carbonyl (C=O) groups excluding carboxylic acids is 1. The molecule has 0 saturated carbocycles. The molecule has 2 rings (SSSR count). The summed E-state index contributed by atoms with van der Waals surface area (Å²) in [6.45, 7) is 4.54. The number of halogens is 4. The van der Waals surface area contributed by atoms with Crippen molar-refractivity contribution in [1.29, 1.82) is 0 Å². The normalized spacial score (nSPS) is 12.8. The van der Waals surface area contributed by atoms with Crippen LogP contribution in [0.3, 0.4) is 0 Å². The molecule has 1 atom stereocenters. The number of benzene rings is 1. The maximum Gasteiger partial charge on any atom is 0.408 e. The summed E-state index contributed by atoms with van der Waals surface area (Å²) in [6, 6.07) is 2.80. The fourth-order valence-electron chi connectivity index (χ4n) is 2.10. The van der Waals surface area contributed by atoms with Crippen LogP contribution in [0.4, 0.5) is 13.2 Å². The van der Waals surface area contributed by atoms with Crippen molar-refractivity contribution in [3.05, 3.63) is 34.5 Å². The van der Waals surface area contributed by atoms with Crippen LogP contribution in [0.15, 0.2) is 22.7 Å². The summed E-state index contributed by atoms with van der Waals surface area (Å²) in [4.78, 5) is 12.0. The van der Waals surface area contributed by atoms with E-state index in [1.54, 1.807) is 25.1 Å². The highest BCUT2D eigenvalue weighted by Crippen LogP contribution is 2.35. The molecular formula is C16H16ClF3N2O3. The number of nitrogens with zero attached hydrogens (tertiary/aromatic N) is 1. The Kier molecular flexibility index (Phi) is 5.62. The van der Waals surface area contributed by atoms with Crippen molar-refractivity contribution < 1.29 is 27.2 Å². The summed E-state index contributed by atoms with van der Waals surface area (Å²) in [7, 11) is 0. The zero-order chi connectivity index (χ0) is 18.8. The quantitative estimate of drug-likeness (QED) is 0.841. The van der Waals surface area contributed by atoms with E-state index in [1.165, 1.54) is 6.92 Å². The number of amides is 1. The van der Waals surface area contributed by atoms with Gasteiger partial charge < -0.3 is 14.6 Å². The van der Waals surface area contributed by atoms with E-state index in [1.807, 2.05) is 5.32 Å². The van der Waals surface area contributed by atoms with E-state index in [-0.39, 0.29) is 11.5 Å². The third-order valence-electron chi connectivity index (χ3n) is 3.47. The predicted octanol–water partition coefficient (Wildman–Crippen LogP) is 4.38. The molecule has 1 N–H and O–H groups in total. The lowest BCUT2D eigenvalue weighted by molar-refractivity contribution is -0.149. The summed E-state index contributed by atoms with van der Waals surface area (Å²) < 4.78 is 48.4. The molecule has 5 nitrogen and oxygen atoms in total. The molecule has 1 heterocycles. The Hall–Kier alpha value is -2.22. The van der Waals surface area contributed by atoms with E-state index >= 15 is 0 Å². The molecule has 0 unspecified atom stereocenters. The molecule has 0 aliphatic rings. The molecule has 1 amide bonds. The number of carbonyl (C=O) groups is 1. The van der Waals surface area contributed by atoms with Gasteiger partial charge in [0.15, 0.2) is 11.5 Å². The number of aromatic nitrogens is 1. The zero-order valence-electron chi connectivity index (χ0n) is 13.7. The number of nitrogens with one attached hydrogen (secondary N) is 1. The second kappa shape index (κ2) is 7.35. The highest BCUT2D eigenvalue weighted by Gasteiger charge is 2.38. The number of hydrogen-bond acceptors (Lipinski definition) is 4. The molecule has 136 valence electrons. The molecule has 0 aliphatic carbocycles. The molecule has 0 fully saturated rings. The average molecular weight is 377 g/mol. The van der Waals surface area contributed by atoms with Crippen molar-refractivity contribution in [1.82, 2.24) is 10.5 Å². The fourth-order valence-corrected chi connectivity index (χ4v) is 2.27. The van der Waals surface area contributed by atoms with E-state index in [4.69, 9.17) is 20.9 Å². The summed E-state index contributed by atoms with van der Waals surface area (Å²) in [6.07, 6.45) is -4.55. The Balaban J connectivity index is 2.34. The molecule has 1 aromatic carbocycles. The lowest BCUT2D eigenvalue weighted by Gasteiger charge is -2.16. The van der Waals surface area contributed by atoms with Gasteiger partial charge in [-0.15, -0.1) is 0 Å². The third-order valence-corrected chi connectivity index (χ3v) is 3.70. The van der Waals surface area contributed by atoms with Crippen LogP contribution in [0, 0.1) is 6.92 Å². The molecule has 0 radical (unpaired) electrons. The molecule has 9 heteroatoms. The van der Waals surface area contributed by atoms with Crippen molar-refractivity contribution in [2.75, 3.05) is 6.61 Å². The van der Waals surface area contributed by atoms with Crippen LogP contribution in [0.25, 0.3) is 11.3 Å². The first-order valence-corrected chi connectivity index (χ1v) is 7.79. The maximum absolute atomic E-state index is 12.6. The Bertz CT molecular complexity index is 774. The molecule has 1 aromatic heterocycles. The number of hydrogen-bond donors (Lipinski definition) is 1. The highest BCUT2D eigenvalue weighted by atomic mass is 35.5. The van der Waals surface area contributed by atoms with Gasteiger partial charge in [0, 0.05) is 10.6 Å². The molecule has 2 aromatic rings. The van der Waals surface area contributed by atoms with Crippen molar-refractivity contribution in [3.8, 4) is 17.1 Å². The highest BCUT2D eigenvalue weighted by molar-refractivity contribution is 6.30. The van der Waals surface area contributed by atoms with Crippen LogP contribution in [0.1, 0.15) is 29.9 Å². The van der Waals surface area contributed by atoms with Gasteiger partial charge in [0.2, 0.25) is 0 Å². The molecule has 0 saturated heterocycles. The van der Waals surface area contributed by atoms with Gasteiger partial charge in [-0.2, -0.15) is 13.2 Å². The summed E-state index contributed by atoms with van der Waals surface area (Å²) in [5, 5.41) is 5.91. The van der Waals surface area contributed by atoms with Crippen LogP contribution >= 0.6 is 11.6 Å². The lowest BCUT2D eigenvalue weighted by Crippen LogP contribution is -2.43. The lowest BCUT2D eigenvalue weighted by atomic mass is 10.1. The standard InChI is InChI=1S/C16H16ClF3N2O3/c1-4-24-12-7-10(17)5-6-11(12)14-8(2)13(22-25-14)15(23)21-9(3)16(18,19)20/h5-7,9H,4H2,1-3H3,(H,21,23)/t9-/m0/s1. The van der Waals surface area contributed by atoms with E-state index in [0.29, 0.717) is 28.5 Å². The minimum absolute atomic E-state index is 0.219. The second-order valence-corrected chi connectivity index (χ2v) is 5.73. The van der Waals surface area contributed by atoms with Gasteiger partial charge in [0.1, 0.15) is 11.8 Å². The van der Waals surface area contributed by atoms with E-state index in [0.717, 1.165) is 6.92 Å². The molecular weight excluding hydrogens is 361 g/mol. The summed E-state index contributed by atoms with van der Waals surface area (Å²) in [5.41, 5.74) is 0.581. The maximum atomic E-state index is 12.6. The predicted molar refractivity (Wildman–Crippen MR) is 85.8 cm³/mol. The molecule has 0 aliphatic heterocycles. The summed E-state index contributed by atoms with van der Waals surface area (Å²) >= 11 is 5.94. The van der Waals surface area contributed by atoms with E-state index in [9.17, 15) is 18.0 Å². The smallest absolute Gasteiger partial charge is 0.408 e. The van der Waals surface area contributed by atoms with Gasteiger partial charge in [-0.05, 0) is 39.0 Å². The van der Waals surface area contributed by atoms with Gasteiger partial charge in [-0.1, -0.05) is 16.8 Å². The van der Waals surface area contributed by atoms with Crippen LogP contribution in [0.5, 0.6) is 5.75 Å². The van der Waals surface area contributed by atoms with Crippen molar-refractivity contribution in [2.45, 2.75) is 33.0 Å². The first kappa shape index (κ1) is 19.1. The van der Waals surface area contributed by atoms with E-state index in [2.05, 4.69) is 5.16 Å². The van der Waals surface area contributed by atoms with Gasteiger partial charge in [-0.25, -0.2) is 0 Å². The molecule has 25 heavy (non-hydrogen) atoms. The average Bonchev–Trinajstić information content (AvgIpc) is 2.88. The first-order valence-electron chi connectivity index (χ1n) is 7.41. The first-order chi connectivity index (χ1) is 11.6. The number of alkyl halides is 3. The number of rotatable bonds is 5. The Morgan fingerprint density at radius 1 is 1.44 bits per heavy atom. The van der Waals surface area contributed by atoms with Crippen LogP contribution in [-0.4, -0.2) is 29.9 Å². The van der Waals surface area contributed by atoms with E-state index < -0.39 is 18.1 Å². The SMILES string of the molecule is CCOc1cc(Cl)ccc1-c1onc(C(=O)N[C@@H](C)C(F)(F)F)c1C. The minimum atomic E-state index is -4.55. The van der Waals surface area contributed by atoms with Gasteiger partial charge in [0.25, 0.3) is 5.91 Å². The van der Waals surface area contributed by atoms with Crippen LogP contribution in [0.2, 0.25) is 5.02 Å². The fraction of sp³-hybridized carbons (Fsp3) is 0.375. The Morgan fingerprint density at radius 3 is 2.72 bits per heavy atom. The number of ether oxygens (including phenoxy) is 1. The Labute approximate surface area is 147 Å². The van der Waals surface area contributed by atoms with Crippen LogP contribution in [-0.2, 0) is 0 Å². The van der Waals surface area contributed by atoms with Gasteiger partial charge >= 0.3 is 6.18 Å². The van der Waals surface area contributed by atoms with Crippen molar-refractivity contribution in [2.24, 2.45) is 0 Å². The largest absolute Gasteiger partial charge is 0.493 e. The van der Waals surface area contributed by atoms with Gasteiger partial charge in [-0.3, -0.25) is 4.79 Å². The van der Waals surface area contributed by atoms with Gasteiger partial charge in [0.05, 0.1) is 12.2 Å². The third kappa shape index (κ3) is 4.25.